The summed E-state index contributed by atoms with van der Waals surface area (Å²) in [4.78, 5) is 16.4. The summed E-state index contributed by atoms with van der Waals surface area (Å²) in [6, 6.07) is 0.0534. The van der Waals surface area contributed by atoms with Crippen LogP contribution in [0.4, 0.5) is 4.79 Å². The lowest BCUT2D eigenvalue weighted by Gasteiger charge is -2.28. The topological polar surface area (TPSA) is 93.7 Å². The number of aliphatic hydroxyl groups excluding tert-OH is 1. The van der Waals surface area contributed by atoms with Gasteiger partial charge < -0.3 is 20.1 Å². The third-order valence-corrected chi connectivity index (χ3v) is 4.55. The van der Waals surface area contributed by atoms with Crippen LogP contribution in [0.2, 0.25) is 0 Å². The van der Waals surface area contributed by atoms with Crippen molar-refractivity contribution in [2.45, 2.75) is 25.0 Å². The molecule has 2 amide bonds. The molecule has 0 aliphatic carbocycles. The highest BCUT2D eigenvalue weighted by Crippen LogP contribution is 2.15. The molecular weight excluding hydrogens is 298 g/mol. The van der Waals surface area contributed by atoms with E-state index in [9.17, 15) is 9.90 Å². The van der Waals surface area contributed by atoms with Gasteiger partial charge in [-0.15, -0.1) is 0 Å². The molecule has 1 aromatic rings. The predicted molar refractivity (Wildman–Crippen MR) is 84.1 cm³/mol. The van der Waals surface area contributed by atoms with Crippen molar-refractivity contribution in [1.29, 1.82) is 0 Å². The SMILES string of the molecule is O=C(NCCc1cn[nH]c1)N1CCCN([C@H]2COC[C@@H]2O)CC1. The van der Waals surface area contributed by atoms with Gasteiger partial charge in [0.05, 0.1) is 31.6 Å². The van der Waals surface area contributed by atoms with Crippen LogP contribution >= 0.6 is 0 Å². The van der Waals surface area contributed by atoms with Crippen LogP contribution in [0.25, 0.3) is 0 Å². The first-order valence-electron chi connectivity index (χ1n) is 8.24. The van der Waals surface area contributed by atoms with Gasteiger partial charge in [-0.1, -0.05) is 0 Å². The first-order valence-corrected chi connectivity index (χ1v) is 8.24. The zero-order valence-corrected chi connectivity index (χ0v) is 13.3. The monoisotopic (exact) mass is 323 g/mol. The smallest absolute Gasteiger partial charge is 0.317 e. The van der Waals surface area contributed by atoms with E-state index < -0.39 is 6.10 Å². The molecule has 8 nitrogen and oxygen atoms in total. The van der Waals surface area contributed by atoms with Gasteiger partial charge in [0.15, 0.2) is 0 Å². The zero-order chi connectivity index (χ0) is 16.1. The van der Waals surface area contributed by atoms with E-state index in [4.69, 9.17) is 4.74 Å². The average molecular weight is 323 g/mol. The second kappa shape index (κ2) is 7.76. The molecule has 2 aliphatic rings. The van der Waals surface area contributed by atoms with Crippen molar-refractivity contribution in [2.75, 3.05) is 45.9 Å². The molecule has 2 atom stereocenters. The molecule has 2 saturated heterocycles. The Morgan fingerprint density at radius 2 is 2.30 bits per heavy atom. The van der Waals surface area contributed by atoms with Gasteiger partial charge >= 0.3 is 6.03 Å². The fourth-order valence-corrected chi connectivity index (χ4v) is 3.19. The molecule has 2 fully saturated rings. The van der Waals surface area contributed by atoms with Gasteiger partial charge in [0, 0.05) is 38.9 Å². The zero-order valence-electron chi connectivity index (χ0n) is 13.3. The highest BCUT2D eigenvalue weighted by Gasteiger charge is 2.32. The van der Waals surface area contributed by atoms with E-state index in [2.05, 4.69) is 20.4 Å². The molecule has 0 bridgehead atoms. The number of carbonyl (C=O) groups is 1. The normalized spacial score (nSPS) is 26.2. The van der Waals surface area contributed by atoms with E-state index in [-0.39, 0.29) is 12.1 Å². The number of ether oxygens (including phenoxy) is 1. The van der Waals surface area contributed by atoms with Crippen LogP contribution in [0.5, 0.6) is 0 Å². The summed E-state index contributed by atoms with van der Waals surface area (Å²) in [5, 5.41) is 19.6. The Morgan fingerprint density at radius 3 is 3.04 bits per heavy atom. The Kier molecular flexibility index (Phi) is 5.47. The lowest BCUT2D eigenvalue weighted by atomic mass is 10.2. The minimum absolute atomic E-state index is 0.0152. The fraction of sp³-hybridized carbons (Fsp3) is 0.733. The van der Waals surface area contributed by atoms with E-state index in [0.717, 1.165) is 38.0 Å². The Bertz CT molecular complexity index is 495. The van der Waals surface area contributed by atoms with E-state index in [1.807, 2.05) is 11.1 Å². The third-order valence-electron chi connectivity index (χ3n) is 4.55. The van der Waals surface area contributed by atoms with Gasteiger partial charge in [0.25, 0.3) is 0 Å². The van der Waals surface area contributed by atoms with Crippen LogP contribution in [-0.2, 0) is 11.2 Å². The standard InChI is InChI=1S/C15H25N5O3/c21-14-11-23-10-13(14)19-4-1-5-20(7-6-19)15(22)16-3-2-12-8-17-18-9-12/h8-9,13-14,21H,1-7,10-11H2,(H,16,22)(H,17,18)/t13-,14-/m0/s1. The van der Waals surface area contributed by atoms with Gasteiger partial charge in [-0.2, -0.15) is 5.10 Å². The van der Waals surface area contributed by atoms with Crippen molar-refractivity contribution in [2.24, 2.45) is 0 Å². The molecule has 3 rings (SSSR count). The number of amides is 2. The summed E-state index contributed by atoms with van der Waals surface area (Å²) >= 11 is 0. The molecule has 0 unspecified atom stereocenters. The maximum absolute atomic E-state index is 12.3. The Balaban J connectivity index is 1.42. The van der Waals surface area contributed by atoms with Crippen molar-refractivity contribution in [3.05, 3.63) is 18.0 Å². The molecule has 0 spiro atoms. The summed E-state index contributed by atoms with van der Waals surface area (Å²) in [5.41, 5.74) is 1.09. The lowest BCUT2D eigenvalue weighted by Crippen LogP contribution is -2.46. The van der Waals surface area contributed by atoms with Gasteiger partial charge in [-0.05, 0) is 18.4 Å². The first-order chi connectivity index (χ1) is 11.2. The maximum atomic E-state index is 12.3. The molecule has 3 N–H and O–H groups in total. The number of rotatable bonds is 4. The molecule has 128 valence electrons. The van der Waals surface area contributed by atoms with Gasteiger partial charge in [0.2, 0.25) is 0 Å². The molecule has 1 aromatic heterocycles. The van der Waals surface area contributed by atoms with E-state index in [1.165, 1.54) is 0 Å². The summed E-state index contributed by atoms with van der Waals surface area (Å²) in [6.07, 6.45) is 4.88. The first kappa shape index (κ1) is 16.2. The van der Waals surface area contributed by atoms with Gasteiger partial charge in [-0.25, -0.2) is 4.79 Å². The van der Waals surface area contributed by atoms with Crippen molar-refractivity contribution in [3.8, 4) is 0 Å². The number of urea groups is 1. The second-order valence-electron chi connectivity index (χ2n) is 6.14. The minimum atomic E-state index is -0.412. The Morgan fingerprint density at radius 1 is 1.39 bits per heavy atom. The molecule has 0 aromatic carbocycles. The Labute approximate surface area is 135 Å². The summed E-state index contributed by atoms with van der Waals surface area (Å²) in [7, 11) is 0. The van der Waals surface area contributed by atoms with Crippen LogP contribution in [-0.4, -0.2) is 89.2 Å². The Hall–Kier alpha value is -1.64. The molecular formula is C15H25N5O3. The van der Waals surface area contributed by atoms with E-state index in [1.54, 1.807) is 6.20 Å². The van der Waals surface area contributed by atoms with Crippen LogP contribution in [0.1, 0.15) is 12.0 Å². The number of nitrogens with zero attached hydrogens (tertiary/aromatic N) is 3. The number of aliphatic hydroxyl groups is 1. The van der Waals surface area contributed by atoms with Crippen LogP contribution in [0.3, 0.4) is 0 Å². The quantitative estimate of drug-likeness (QED) is 0.690. The fourth-order valence-electron chi connectivity index (χ4n) is 3.19. The van der Waals surface area contributed by atoms with E-state index >= 15 is 0 Å². The molecule has 23 heavy (non-hydrogen) atoms. The third kappa shape index (κ3) is 4.21. The summed E-state index contributed by atoms with van der Waals surface area (Å²) < 4.78 is 5.33. The second-order valence-corrected chi connectivity index (χ2v) is 6.14. The van der Waals surface area contributed by atoms with Gasteiger partial charge in [-0.3, -0.25) is 10.00 Å². The molecule has 3 heterocycles. The van der Waals surface area contributed by atoms with Crippen LogP contribution < -0.4 is 5.32 Å². The molecule has 8 heteroatoms. The molecule has 0 radical (unpaired) electrons. The number of hydrogen-bond donors (Lipinski definition) is 3. The summed E-state index contributed by atoms with van der Waals surface area (Å²) in [5.74, 6) is 0. The summed E-state index contributed by atoms with van der Waals surface area (Å²) in [6.45, 7) is 4.70. The number of aromatic amines is 1. The highest BCUT2D eigenvalue weighted by atomic mass is 16.5. The van der Waals surface area contributed by atoms with Crippen molar-refractivity contribution < 1.29 is 14.6 Å². The molecule has 0 saturated carbocycles. The van der Waals surface area contributed by atoms with Crippen molar-refractivity contribution in [3.63, 3.8) is 0 Å². The van der Waals surface area contributed by atoms with Crippen molar-refractivity contribution in [1.82, 2.24) is 25.3 Å². The lowest BCUT2D eigenvalue weighted by molar-refractivity contribution is 0.0844. The van der Waals surface area contributed by atoms with Gasteiger partial charge in [0.1, 0.15) is 0 Å². The number of hydrogen-bond acceptors (Lipinski definition) is 5. The minimum Gasteiger partial charge on any atom is -0.389 e. The number of carbonyl (C=O) groups excluding carboxylic acids is 1. The average Bonchev–Trinajstić information content (AvgIpc) is 3.14. The maximum Gasteiger partial charge on any atom is 0.317 e. The van der Waals surface area contributed by atoms with Crippen molar-refractivity contribution >= 4 is 6.03 Å². The van der Waals surface area contributed by atoms with Crippen LogP contribution in [0, 0.1) is 0 Å². The number of nitrogens with one attached hydrogen (secondary N) is 2. The highest BCUT2D eigenvalue weighted by molar-refractivity contribution is 5.74. The van der Waals surface area contributed by atoms with E-state index in [0.29, 0.717) is 26.3 Å². The van der Waals surface area contributed by atoms with Crippen LogP contribution in [0.15, 0.2) is 12.4 Å². The predicted octanol–water partition coefficient (Wildman–Crippen LogP) is -0.571. The molecule has 2 aliphatic heterocycles. The number of aromatic nitrogens is 2. The largest absolute Gasteiger partial charge is 0.389 e. The number of H-pyrrole nitrogens is 1.